The Balaban J connectivity index is 1.76. The average molecular weight is 322 g/mol. The van der Waals surface area contributed by atoms with Gasteiger partial charge in [-0.1, -0.05) is 0 Å². The highest BCUT2D eigenvalue weighted by atomic mass is 79.9. The number of rotatable bonds is 3. The van der Waals surface area contributed by atoms with Gasteiger partial charge in [-0.2, -0.15) is 0 Å². The molecule has 19 heavy (non-hydrogen) atoms. The van der Waals surface area contributed by atoms with E-state index in [1.807, 2.05) is 16.8 Å². The van der Waals surface area contributed by atoms with Crippen LogP contribution in [0.5, 0.6) is 5.75 Å². The van der Waals surface area contributed by atoms with Crippen LogP contribution < -0.4 is 4.74 Å². The van der Waals surface area contributed by atoms with Gasteiger partial charge in [0, 0.05) is 18.6 Å². The Kier molecular flexibility index (Phi) is 3.16. The summed E-state index contributed by atoms with van der Waals surface area (Å²) in [7, 11) is 0. The molecule has 2 heterocycles. The van der Waals surface area contributed by atoms with Gasteiger partial charge in [-0.05, 0) is 40.2 Å². The van der Waals surface area contributed by atoms with Gasteiger partial charge in [0.2, 0.25) is 5.78 Å². The molecule has 0 aliphatic heterocycles. The number of ether oxygens (including phenoxy) is 1. The number of nitrogens with zero attached hydrogens (tertiary/aromatic N) is 3. The van der Waals surface area contributed by atoms with Gasteiger partial charge in [-0.15, -0.1) is 0 Å². The van der Waals surface area contributed by atoms with E-state index in [0.717, 1.165) is 10.2 Å². The van der Waals surface area contributed by atoms with E-state index in [9.17, 15) is 4.39 Å². The molecule has 2 aromatic heterocycles. The first-order valence-corrected chi connectivity index (χ1v) is 6.37. The Morgan fingerprint density at radius 1 is 1.21 bits per heavy atom. The van der Waals surface area contributed by atoms with Gasteiger partial charge in [-0.25, -0.2) is 14.4 Å². The first-order chi connectivity index (χ1) is 9.20. The van der Waals surface area contributed by atoms with Crippen LogP contribution in [0.1, 0.15) is 5.69 Å². The molecular weight excluding hydrogens is 313 g/mol. The van der Waals surface area contributed by atoms with E-state index in [0.29, 0.717) is 18.1 Å². The quantitative estimate of drug-likeness (QED) is 0.743. The maximum Gasteiger partial charge on any atom is 0.234 e. The maximum absolute atomic E-state index is 12.7. The summed E-state index contributed by atoms with van der Waals surface area (Å²) in [4.78, 5) is 8.49. The predicted octanol–water partition coefficient (Wildman–Crippen LogP) is 3.21. The molecule has 0 aliphatic rings. The van der Waals surface area contributed by atoms with Crippen molar-refractivity contribution in [2.45, 2.75) is 6.61 Å². The van der Waals surface area contributed by atoms with Gasteiger partial charge < -0.3 is 4.74 Å². The topological polar surface area (TPSA) is 39.4 Å². The van der Waals surface area contributed by atoms with Crippen molar-refractivity contribution in [3.63, 3.8) is 0 Å². The number of aromatic nitrogens is 3. The van der Waals surface area contributed by atoms with Crippen molar-refractivity contribution in [2.24, 2.45) is 0 Å². The zero-order valence-electron chi connectivity index (χ0n) is 9.75. The number of imidazole rings is 1. The van der Waals surface area contributed by atoms with Gasteiger partial charge in [0.05, 0.1) is 10.2 Å². The zero-order chi connectivity index (χ0) is 13.2. The van der Waals surface area contributed by atoms with Crippen LogP contribution in [0.25, 0.3) is 5.78 Å². The maximum atomic E-state index is 12.7. The molecule has 0 spiro atoms. The smallest absolute Gasteiger partial charge is 0.234 e. The second-order valence-electron chi connectivity index (χ2n) is 3.95. The van der Waals surface area contributed by atoms with Gasteiger partial charge in [0.15, 0.2) is 0 Å². The Hall–Kier alpha value is -1.95. The Labute approximate surface area is 117 Å². The molecular formula is C13H9BrFN3O. The van der Waals surface area contributed by atoms with Crippen molar-refractivity contribution >= 4 is 21.7 Å². The molecule has 96 valence electrons. The number of hydrogen-bond acceptors (Lipinski definition) is 3. The molecule has 0 unspecified atom stereocenters. The highest BCUT2D eigenvalue weighted by Crippen LogP contribution is 2.14. The minimum atomic E-state index is -0.283. The monoisotopic (exact) mass is 321 g/mol. The lowest BCUT2D eigenvalue weighted by Gasteiger charge is -2.02. The minimum Gasteiger partial charge on any atom is -0.487 e. The highest BCUT2D eigenvalue weighted by Gasteiger charge is 2.04. The van der Waals surface area contributed by atoms with E-state index in [-0.39, 0.29) is 5.82 Å². The lowest BCUT2D eigenvalue weighted by atomic mass is 10.3. The SMILES string of the molecule is Fc1ccc(OCc2cn3cc(Br)cnc3n2)cc1. The summed E-state index contributed by atoms with van der Waals surface area (Å²) in [5.74, 6) is 0.933. The predicted molar refractivity (Wildman–Crippen MR) is 71.4 cm³/mol. The third-order valence-electron chi connectivity index (χ3n) is 2.53. The molecule has 0 saturated carbocycles. The van der Waals surface area contributed by atoms with Crippen molar-refractivity contribution in [1.29, 1.82) is 0 Å². The molecule has 1 aromatic carbocycles. The fourth-order valence-corrected chi connectivity index (χ4v) is 1.99. The molecule has 0 N–H and O–H groups in total. The fraction of sp³-hybridized carbons (Fsp3) is 0.0769. The van der Waals surface area contributed by atoms with Crippen molar-refractivity contribution in [3.05, 3.63) is 58.8 Å². The van der Waals surface area contributed by atoms with Crippen LogP contribution >= 0.6 is 15.9 Å². The molecule has 6 heteroatoms. The zero-order valence-corrected chi connectivity index (χ0v) is 11.3. The van der Waals surface area contributed by atoms with Crippen LogP contribution in [-0.2, 0) is 6.61 Å². The third-order valence-corrected chi connectivity index (χ3v) is 2.94. The van der Waals surface area contributed by atoms with E-state index in [1.165, 1.54) is 12.1 Å². The van der Waals surface area contributed by atoms with Crippen LogP contribution in [0.4, 0.5) is 4.39 Å². The second-order valence-corrected chi connectivity index (χ2v) is 4.87. The van der Waals surface area contributed by atoms with E-state index >= 15 is 0 Å². The molecule has 3 aromatic rings. The summed E-state index contributed by atoms with van der Waals surface area (Å²) in [5.41, 5.74) is 0.759. The number of hydrogen-bond donors (Lipinski definition) is 0. The van der Waals surface area contributed by atoms with Gasteiger partial charge in [0.1, 0.15) is 18.2 Å². The molecule has 3 rings (SSSR count). The van der Waals surface area contributed by atoms with E-state index < -0.39 is 0 Å². The van der Waals surface area contributed by atoms with Crippen LogP contribution in [0.15, 0.2) is 47.3 Å². The van der Waals surface area contributed by atoms with Crippen LogP contribution in [-0.4, -0.2) is 14.4 Å². The second kappa shape index (κ2) is 4.97. The summed E-state index contributed by atoms with van der Waals surface area (Å²) in [6, 6.07) is 5.88. The van der Waals surface area contributed by atoms with E-state index in [4.69, 9.17) is 4.74 Å². The number of halogens is 2. The molecule has 0 radical (unpaired) electrons. The highest BCUT2D eigenvalue weighted by molar-refractivity contribution is 9.10. The molecule has 0 fully saturated rings. The molecule has 0 amide bonds. The Morgan fingerprint density at radius 3 is 2.79 bits per heavy atom. The Morgan fingerprint density at radius 2 is 2.00 bits per heavy atom. The van der Waals surface area contributed by atoms with Gasteiger partial charge in [0.25, 0.3) is 0 Å². The lowest BCUT2D eigenvalue weighted by molar-refractivity contribution is 0.301. The molecule has 0 atom stereocenters. The van der Waals surface area contributed by atoms with E-state index in [1.54, 1.807) is 18.3 Å². The molecule has 4 nitrogen and oxygen atoms in total. The summed E-state index contributed by atoms with van der Waals surface area (Å²) in [5, 5.41) is 0. The van der Waals surface area contributed by atoms with Gasteiger partial charge >= 0.3 is 0 Å². The number of benzene rings is 1. The summed E-state index contributed by atoms with van der Waals surface area (Å²) < 4.78 is 21.0. The van der Waals surface area contributed by atoms with Gasteiger partial charge in [-0.3, -0.25) is 4.40 Å². The Bertz CT molecular complexity index is 711. The van der Waals surface area contributed by atoms with Crippen LogP contribution in [0.2, 0.25) is 0 Å². The molecule has 0 saturated heterocycles. The minimum absolute atomic E-state index is 0.283. The molecule has 0 bridgehead atoms. The summed E-state index contributed by atoms with van der Waals surface area (Å²) in [6.45, 7) is 0.312. The lowest BCUT2D eigenvalue weighted by Crippen LogP contribution is -1.95. The van der Waals surface area contributed by atoms with Crippen molar-refractivity contribution in [1.82, 2.24) is 14.4 Å². The average Bonchev–Trinajstić information content (AvgIpc) is 2.80. The van der Waals surface area contributed by atoms with Crippen LogP contribution in [0, 0.1) is 5.82 Å². The van der Waals surface area contributed by atoms with E-state index in [2.05, 4.69) is 25.9 Å². The standard InChI is InChI=1S/C13H9BrFN3O/c14-9-5-16-13-17-11(7-18(13)6-9)8-19-12-3-1-10(15)2-4-12/h1-7H,8H2. The fourth-order valence-electron chi connectivity index (χ4n) is 1.67. The van der Waals surface area contributed by atoms with Crippen molar-refractivity contribution in [2.75, 3.05) is 0 Å². The summed E-state index contributed by atoms with van der Waals surface area (Å²) in [6.07, 6.45) is 5.40. The normalized spacial score (nSPS) is 10.8. The van der Waals surface area contributed by atoms with Crippen LogP contribution in [0.3, 0.4) is 0 Å². The first-order valence-electron chi connectivity index (χ1n) is 5.58. The van der Waals surface area contributed by atoms with Crippen molar-refractivity contribution in [3.8, 4) is 5.75 Å². The summed E-state index contributed by atoms with van der Waals surface area (Å²) >= 11 is 3.35. The van der Waals surface area contributed by atoms with Crippen molar-refractivity contribution < 1.29 is 9.13 Å². The largest absolute Gasteiger partial charge is 0.487 e. The molecule has 0 aliphatic carbocycles. The third kappa shape index (κ3) is 2.73. The number of fused-ring (bicyclic) bond motifs is 1. The first kappa shape index (κ1) is 12.1.